The Morgan fingerprint density at radius 1 is 1.48 bits per heavy atom. The Hall–Kier alpha value is -0.670. The molecule has 0 radical (unpaired) electrons. The maximum atomic E-state index is 12.1. The summed E-state index contributed by atoms with van der Waals surface area (Å²) in [7, 11) is -3.77. The van der Waals surface area contributed by atoms with Gasteiger partial charge >= 0.3 is 0 Å². The molecule has 21 heavy (non-hydrogen) atoms. The molecule has 0 spiro atoms. The number of hydrogen-bond acceptors (Lipinski definition) is 5. The molecule has 0 saturated carbocycles. The number of amides is 1. The first-order valence-corrected chi connectivity index (χ1v) is 8.64. The zero-order valence-electron chi connectivity index (χ0n) is 12.3. The van der Waals surface area contributed by atoms with Crippen LogP contribution in [0.25, 0.3) is 0 Å². The van der Waals surface area contributed by atoms with Crippen molar-refractivity contribution in [1.29, 1.82) is 0 Å². The number of thiophene rings is 1. The van der Waals surface area contributed by atoms with E-state index in [2.05, 4.69) is 5.32 Å². The van der Waals surface area contributed by atoms with E-state index >= 15 is 0 Å². The summed E-state index contributed by atoms with van der Waals surface area (Å²) in [6, 6.07) is 1.28. The summed E-state index contributed by atoms with van der Waals surface area (Å²) in [5.41, 5.74) is 5.49. The van der Waals surface area contributed by atoms with Gasteiger partial charge in [0.25, 0.3) is 5.91 Å². The molecule has 0 bridgehead atoms. The van der Waals surface area contributed by atoms with Gasteiger partial charge in [0.15, 0.2) is 0 Å². The number of nitrogens with two attached hydrogens (primary N) is 2. The second kappa shape index (κ2) is 7.55. The lowest BCUT2D eigenvalue weighted by Crippen LogP contribution is -2.52. The Bertz CT molecular complexity index is 586. The molecule has 1 heterocycles. The number of sulfonamides is 1. The molecule has 0 aromatic carbocycles. The minimum atomic E-state index is -3.77. The highest BCUT2D eigenvalue weighted by molar-refractivity contribution is 7.91. The van der Waals surface area contributed by atoms with Crippen LogP contribution in [0.2, 0.25) is 0 Å². The average molecular weight is 356 g/mol. The molecule has 0 aliphatic rings. The minimum absolute atomic E-state index is 0. The predicted octanol–water partition coefficient (Wildman–Crippen LogP) is 1.31. The number of carbonyl (C=O) groups is 1. The maximum Gasteiger partial charge on any atom is 0.252 e. The highest BCUT2D eigenvalue weighted by Gasteiger charge is 2.27. The van der Waals surface area contributed by atoms with Crippen LogP contribution in [-0.2, 0) is 10.0 Å². The molecule has 1 rings (SSSR count). The highest BCUT2D eigenvalue weighted by atomic mass is 35.5. The first-order valence-electron chi connectivity index (χ1n) is 6.21. The Labute approximate surface area is 135 Å². The molecule has 1 unspecified atom stereocenters. The van der Waals surface area contributed by atoms with Gasteiger partial charge in [0, 0.05) is 17.5 Å². The number of carbonyl (C=O) groups excluding carboxylic acids is 1. The largest absolute Gasteiger partial charge is 0.346 e. The first kappa shape index (κ1) is 20.3. The standard InChI is InChI=1S/C12H21N3O3S2.ClH/c1-8(2)5-12(3,7-13)15-11(16)9-4-10(19-6-9)20(14,17)18;/h4,6,8H,5,7,13H2,1-3H3,(H,15,16)(H2,14,17,18);1H. The van der Waals surface area contributed by atoms with Gasteiger partial charge in [-0.1, -0.05) is 13.8 Å². The lowest BCUT2D eigenvalue weighted by molar-refractivity contribution is 0.0898. The topological polar surface area (TPSA) is 115 Å². The summed E-state index contributed by atoms with van der Waals surface area (Å²) in [5.74, 6) is 0.0380. The third-order valence-corrected chi connectivity index (χ3v) is 5.23. The molecule has 0 fully saturated rings. The average Bonchev–Trinajstić information content (AvgIpc) is 2.76. The molecule has 0 aliphatic heterocycles. The molecule has 1 aromatic rings. The summed E-state index contributed by atoms with van der Waals surface area (Å²) in [4.78, 5) is 12.1. The van der Waals surface area contributed by atoms with Crippen molar-refractivity contribution in [2.24, 2.45) is 16.8 Å². The molecule has 1 atom stereocenters. The van der Waals surface area contributed by atoms with Crippen LogP contribution in [0, 0.1) is 5.92 Å². The molecule has 6 nitrogen and oxygen atoms in total. The lowest BCUT2D eigenvalue weighted by atomic mass is 9.90. The quantitative estimate of drug-likeness (QED) is 0.713. The van der Waals surface area contributed by atoms with Crippen molar-refractivity contribution in [2.45, 2.75) is 36.9 Å². The molecular weight excluding hydrogens is 334 g/mol. The highest BCUT2D eigenvalue weighted by Crippen LogP contribution is 2.21. The summed E-state index contributed by atoms with van der Waals surface area (Å²) < 4.78 is 22.4. The molecule has 0 saturated heterocycles. The van der Waals surface area contributed by atoms with Gasteiger partial charge in [-0.15, -0.1) is 23.7 Å². The van der Waals surface area contributed by atoms with Crippen molar-refractivity contribution in [3.05, 3.63) is 17.0 Å². The Morgan fingerprint density at radius 3 is 2.43 bits per heavy atom. The number of nitrogens with one attached hydrogen (secondary N) is 1. The van der Waals surface area contributed by atoms with Gasteiger partial charge in [-0.3, -0.25) is 4.79 Å². The summed E-state index contributed by atoms with van der Waals surface area (Å²) in [6.07, 6.45) is 0.738. The van der Waals surface area contributed by atoms with E-state index in [1.165, 1.54) is 11.4 Å². The Balaban J connectivity index is 0.00000400. The van der Waals surface area contributed by atoms with Gasteiger partial charge in [0.1, 0.15) is 4.21 Å². The van der Waals surface area contributed by atoms with Crippen molar-refractivity contribution in [3.63, 3.8) is 0 Å². The third-order valence-electron chi connectivity index (χ3n) is 2.84. The Morgan fingerprint density at radius 2 is 2.05 bits per heavy atom. The van der Waals surface area contributed by atoms with Crippen LogP contribution in [0.1, 0.15) is 37.6 Å². The Kier molecular flexibility index (Phi) is 7.31. The van der Waals surface area contributed by atoms with Crippen LogP contribution in [0.15, 0.2) is 15.7 Å². The molecule has 1 amide bonds. The third kappa shape index (κ3) is 5.91. The van der Waals surface area contributed by atoms with E-state index in [0.717, 1.165) is 17.8 Å². The van der Waals surface area contributed by atoms with Gasteiger partial charge in [0.05, 0.1) is 5.56 Å². The molecule has 1 aromatic heterocycles. The van der Waals surface area contributed by atoms with E-state index in [4.69, 9.17) is 10.9 Å². The maximum absolute atomic E-state index is 12.1. The minimum Gasteiger partial charge on any atom is -0.346 e. The monoisotopic (exact) mass is 355 g/mol. The normalized spacial score (nSPS) is 14.4. The van der Waals surface area contributed by atoms with Crippen molar-refractivity contribution >= 4 is 39.7 Å². The molecule has 122 valence electrons. The zero-order valence-corrected chi connectivity index (χ0v) is 14.7. The molecular formula is C12H22ClN3O3S2. The summed E-state index contributed by atoms with van der Waals surface area (Å²) in [6.45, 7) is 6.27. The van der Waals surface area contributed by atoms with Crippen molar-refractivity contribution in [2.75, 3.05) is 6.54 Å². The van der Waals surface area contributed by atoms with Gasteiger partial charge in [-0.05, 0) is 25.3 Å². The summed E-state index contributed by atoms with van der Waals surface area (Å²) >= 11 is 0.927. The number of halogens is 1. The van der Waals surface area contributed by atoms with E-state index in [1.807, 2.05) is 20.8 Å². The second-order valence-corrected chi connectivity index (χ2v) is 8.22. The number of rotatable bonds is 6. The van der Waals surface area contributed by atoms with E-state index in [1.54, 1.807) is 0 Å². The lowest BCUT2D eigenvalue weighted by Gasteiger charge is -2.31. The van der Waals surface area contributed by atoms with Crippen LogP contribution in [-0.4, -0.2) is 26.4 Å². The second-order valence-electron chi connectivity index (χ2n) is 5.52. The fourth-order valence-corrected chi connectivity index (χ4v) is 3.60. The van der Waals surface area contributed by atoms with Crippen LogP contribution in [0.4, 0.5) is 0 Å². The number of primary sulfonamides is 1. The van der Waals surface area contributed by atoms with Crippen LogP contribution >= 0.6 is 23.7 Å². The van der Waals surface area contributed by atoms with Crippen molar-refractivity contribution in [1.82, 2.24) is 5.32 Å². The van der Waals surface area contributed by atoms with Gasteiger partial charge in [-0.25, -0.2) is 13.6 Å². The van der Waals surface area contributed by atoms with Crippen LogP contribution in [0.3, 0.4) is 0 Å². The number of hydrogen-bond donors (Lipinski definition) is 3. The van der Waals surface area contributed by atoms with Gasteiger partial charge in [-0.2, -0.15) is 0 Å². The fourth-order valence-electron chi connectivity index (χ4n) is 2.02. The summed E-state index contributed by atoms with van der Waals surface area (Å²) in [5, 5.41) is 9.36. The predicted molar refractivity (Wildman–Crippen MR) is 87.3 cm³/mol. The van der Waals surface area contributed by atoms with E-state index in [9.17, 15) is 13.2 Å². The van der Waals surface area contributed by atoms with Crippen molar-refractivity contribution in [3.8, 4) is 0 Å². The zero-order chi connectivity index (χ0) is 15.6. The molecule has 0 aliphatic carbocycles. The van der Waals surface area contributed by atoms with Gasteiger partial charge < -0.3 is 11.1 Å². The molecule has 5 N–H and O–H groups in total. The van der Waals surface area contributed by atoms with Crippen molar-refractivity contribution < 1.29 is 13.2 Å². The first-order chi connectivity index (χ1) is 9.07. The fraction of sp³-hybridized carbons (Fsp3) is 0.583. The smallest absolute Gasteiger partial charge is 0.252 e. The van der Waals surface area contributed by atoms with E-state index in [0.29, 0.717) is 12.5 Å². The molecule has 9 heteroatoms. The van der Waals surface area contributed by atoms with E-state index < -0.39 is 15.6 Å². The van der Waals surface area contributed by atoms with E-state index in [-0.39, 0.29) is 28.1 Å². The van der Waals surface area contributed by atoms with Crippen LogP contribution in [0.5, 0.6) is 0 Å². The van der Waals surface area contributed by atoms with Gasteiger partial charge in [0.2, 0.25) is 10.0 Å². The van der Waals surface area contributed by atoms with Crippen LogP contribution < -0.4 is 16.2 Å². The SMILES string of the molecule is CC(C)CC(C)(CN)NC(=O)c1csc(S(N)(=O)=O)c1.Cl.